The Morgan fingerprint density at radius 2 is 1.36 bits per heavy atom. The molecule has 2 nitrogen and oxygen atoms in total. The molecule has 3 heteroatoms. The summed E-state index contributed by atoms with van der Waals surface area (Å²) < 4.78 is 0. The van der Waals surface area contributed by atoms with Gasteiger partial charge in [-0.2, -0.15) is 0 Å². The molecule has 1 aromatic heterocycles. The summed E-state index contributed by atoms with van der Waals surface area (Å²) in [6.45, 7) is 3.93. The molecule has 0 aliphatic rings. The fourth-order valence-electron chi connectivity index (χ4n) is 0.989. The monoisotopic (exact) mass is 172 g/mol. The first-order chi connectivity index (χ1) is 5.20. The molecule has 0 amide bonds. The molecule has 0 aliphatic carbocycles. The Morgan fingerprint density at radius 1 is 1.00 bits per heavy atom. The molecule has 0 fully saturated rings. The van der Waals surface area contributed by atoms with E-state index >= 15 is 0 Å². The maximum absolute atomic E-state index is 9.31. The van der Waals surface area contributed by atoms with Crippen molar-refractivity contribution in [3.63, 3.8) is 0 Å². The fraction of sp³-hybridized carbons (Fsp3) is 0.500. The number of hydrogen-bond acceptors (Lipinski definition) is 3. The summed E-state index contributed by atoms with van der Waals surface area (Å²) in [4.78, 5) is 1.75. The second-order valence-corrected chi connectivity index (χ2v) is 3.54. The van der Waals surface area contributed by atoms with Crippen LogP contribution in [0.15, 0.2) is 0 Å². The third-order valence-corrected chi connectivity index (χ3v) is 3.10. The minimum Gasteiger partial charge on any atom is -0.503 e. The number of aryl methyl sites for hydroxylation is 2. The van der Waals surface area contributed by atoms with Crippen LogP contribution in [-0.2, 0) is 12.8 Å². The first-order valence-electron chi connectivity index (χ1n) is 3.73. The second kappa shape index (κ2) is 3.13. The van der Waals surface area contributed by atoms with Gasteiger partial charge in [0, 0.05) is 0 Å². The summed E-state index contributed by atoms with van der Waals surface area (Å²) in [5.74, 6) is 0.156. The number of aromatic hydroxyl groups is 2. The molecule has 0 spiro atoms. The molecule has 0 radical (unpaired) electrons. The van der Waals surface area contributed by atoms with Gasteiger partial charge in [0.25, 0.3) is 0 Å². The van der Waals surface area contributed by atoms with Gasteiger partial charge in [-0.25, -0.2) is 0 Å². The van der Waals surface area contributed by atoms with Gasteiger partial charge in [0.1, 0.15) is 0 Å². The van der Waals surface area contributed by atoms with Crippen LogP contribution in [0.1, 0.15) is 23.6 Å². The Labute approximate surface area is 70.1 Å². The van der Waals surface area contributed by atoms with Gasteiger partial charge in [-0.3, -0.25) is 0 Å². The molecule has 2 N–H and O–H groups in total. The molecule has 0 unspecified atom stereocenters. The van der Waals surface area contributed by atoms with Crippen LogP contribution in [0.3, 0.4) is 0 Å². The van der Waals surface area contributed by atoms with Gasteiger partial charge in [-0.15, -0.1) is 11.3 Å². The Morgan fingerprint density at radius 3 is 1.55 bits per heavy atom. The van der Waals surface area contributed by atoms with E-state index in [4.69, 9.17) is 0 Å². The van der Waals surface area contributed by atoms with E-state index < -0.39 is 0 Å². The highest BCUT2D eigenvalue weighted by atomic mass is 32.1. The van der Waals surface area contributed by atoms with E-state index in [0.29, 0.717) is 0 Å². The quantitative estimate of drug-likeness (QED) is 0.718. The zero-order valence-corrected chi connectivity index (χ0v) is 7.53. The standard InChI is InChI=1S/C8H12O2S/c1-3-5-7(9)8(10)6(4-2)11-5/h9-10H,3-4H2,1-2H3. The number of thiophene rings is 1. The Bertz CT molecular complexity index is 228. The normalized spacial score (nSPS) is 10.4. The van der Waals surface area contributed by atoms with Gasteiger partial charge in [0.2, 0.25) is 0 Å². The highest BCUT2D eigenvalue weighted by molar-refractivity contribution is 7.12. The molecule has 62 valence electrons. The first-order valence-corrected chi connectivity index (χ1v) is 4.54. The SMILES string of the molecule is CCc1sc(CC)c(O)c1O. The molecule has 0 saturated carbocycles. The van der Waals surface area contributed by atoms with E-state index in [1.54, 1.807) is 0 Å². The number of rotatable bonds is 2. The van der Waals surface area contributed by atoms with E-state index in [1.807, 2.05) is 13.8 Å². The molecule has 1 aromatic rings. The van der Waals surface area contributed by atoms with Gasteiger partial charge in [-0.05, 0) is 12.8 Å². The predicted molar refractivity (Wildman–Crippen MR) is 46.4 cm³/mol. The van der Waals surface area contributed by atoms with Crippen LogP contribution in [-0.4, -0.2) is 10.2 Å². The molecule has 0 bridgehead atoms. The van der Waals surface area contributed by atoms with Crippen molar-refractivity contribution in [1.82, 2.24) is 0 Å². The summed E-state index contributed by atoms with van der Waals surface area (Å²) in [7, 11) is 0. The lowest BCUT2D eigenvalue weighted by Gasteiger charge is -1.91. The summed E-state index contributed by atoms with van der Waals surface area (Å²) in [6, 6.07) is 0. The largest absolute Gasteiger partial charge is 0.503 e. The lowest BCUT2D eigenvalue weighted by Crippen LogP contribution is -1.70. The van der Waals surface area contributed by atoms with E-state index in [9.17, 15) is 10.2 Å². The Kier molecular flexibility index (Phi) is 2.39. The Balaban J connectivity index is 3.12. The highest BCUT2D eigenvalue weighted by Gasteiger charge is 2.13. The maximum Gasteiger partial charge on any atom is 0.171 e. The van der Waals surface area contributed by atoms with Crippen LogP contribution in [0.2, 0.25) is 0 Å². The van der Waals surface area contributed by atoms with Crippen molar-refractivity contribution in [3.8, 4) is 11.5 Å². The molecule has 1 heterocycles. The summed E-state index contributed by atoms with van der Waals surface area (Å²) in [5.41, 5.74) is 0. The minimum atomic E-state index is 0.0781. The molecule has 0 saturated heterocycles. The van der Waals surface area contributed by atoms with Gasteiger partial charge in [-0.1, -0.05) is 13.8 Å². The van der Waals surface area contributed by atoms with Crippen molar-refractivity contribution in [2.75, 3.05) is 0 Å². The van der Waals surface area contributed by atoms with Crippen LogP contribution >= 0.6 is 11.3 Å². The van der Waals surface area contributed by atoms with E-state index in [1.165, 1.54) is 11.3 Å². The third kappa shape index (κ3) is 1.33. The van der Waals surface area contributed by atoms with Crippen LogP contribution < -0.4 is 0 Å². The predicted octanol–water partition coefficient (Wildman–Crippen LogP) is 2.28. The van der Waals surface area contributed by atoms with Crippen molar-refractivity contribution >= 4 is 11.3 Å². The summed E-state index contributed by atoms with van der Waals surface area (Å²) in [5, 5.41) is 18.6. The summed E-state index contributed by atoms with van der Waals surface area (Å²) in [6.07, 6.45) is 1.56. The average molecular weight is 172 g/mol. The van der Waals surface area contributed by atoms with Gasteiger partial charge in [0.15, 0.2) is 11.5 Å². The Hall–Kier alpha value is -0.700. The zero-order chi connectivity index (χ0) is 8.43. The van der Waals surface area contributed by atoms with Crippen molar-refractivity contribution in [1.29, 1.82) is 0 Å². The fourth-order valence-corrected chi connectivity index (χ4v) is 1.96. The van der Waals surface area contributed by atoms with Crippen molar-refractivity contribution in [2.24, 2.45) is 0 Å². The molecule has 0 atom stereocenters. The first kappa shape index (κ1) is 8.40. The van der Waals surface area contributed by atoms with Gasteiger partial charge in [0.05, 0.1) is 9.75 Å². The van der Waals surface area contributed by atoms with Crippen molar-refractivity contribution < 1.29 is 10.2 Å². The lowest BCUT2D eigenvalue weighted by atomic mass is 10.3. The second-order valence-electron chi connectivity index (χ2n) is 2.35. The highest BCUT2D eigenvalue weighted by Crippen LogP contribution is 2.40. The molecule has 1 rings (SSSR count). The molecule has 11 heavy (non-hydrogen) atoms. The number of hydrogen-bond donors (Lipinski definition) is 2. The molecular weight excluding hydrogens is 160 g/mol. The van der Waals surface area contributed by atoms with Crippen LogP contribution in [0.5, 0.6) is 11.5 Å². The van der Waals surface area contributed by atoms with Crippen LogP contribution in [0.25, 0.3) is 0 Å². The maximum atomic E-state index is 9.31. The smallest absolute Gasteiger partial charge is 0.171 e. The summed E-state index contributed by atoms with van der Waals surface area (Å²) >= 11 is 1.49. The van der Waals surface area contributed by atoms with Gasteiger partial charge >= 0.3 is 0 Å². The van der Waals surface area contributed by atoms with Crippen LogP contribution in [0, 0.1) is 0 Å². The van der Waals surface area contributed by atoms with Crippen LogP contribution in [0.4, 0.5) is 0 Å². The topological polar surface area (TPSA) is 40.5 Å². The van der Waals surface area contributed by atoms with E-state index in [-0.39, 0.29) is 11.5 Å². The minimum absolute atomic E-state index is 0.0781. The molecule has 0 aromatic carbocycles. The van der Waals surface area contributed by atoms with Crippen molar-refractivity contribution in [3.05, 3.63) is 9.75 Å². The van der Waals surface area contributed by atoms with E-state index in [2.05, 4.69) is 0 Å². The van der Waals surface area contributed by atoms with Gasteiger partial charge < -0.3 is 10.2 Å². The lowest BCUT2D eigenvalue weighted by molar-refractivity contribution is 0.401. The molecular formula is C8H12O2S. The molecule has 0 aliphatic heterocycles. The van der Waals surface area contributed by atoms with E-state index in [0.717, 1.165) is 22.6 Å². The van der Waals surface area contributed by atoms with Crippen molar-refractivity contribution in [2.45, 2.75) is 26.7 Å². The average Bonchev–Trinajstić information content (AvgIpc) is 2.30. The zero-order valence-electron chi connectivity index (χ0n) is 6.72. The third-order valence-electron chi connectivity index (χ3n) is 1.64.